The van der Waals surface area contributed by atoms with E-state index in [1.54, 1.807) is 0 Å². The SMILES string of the molecule is CCCCc1cc(O)c2c(c1)OC(C)(C)[C@H]1CCC(C)=C[C@@H]21. The van der Waals surface area contributed by atoms with Crippen molar-refractivity contribution in [1.82, 2.24) is 0 Å². The van der Waals surface area contributed by atoms with Crippen molar-refractivity contribution in [2.45, 2.75) is 71.3 Å². The predicted molar refractivity (Wildman–Crippen MR) is 90.6 cm³/mol. The number of phenols is 1. The quantitative estimate of drug-likeness (QED) is 0.763. The standard InChI is InChI=1S/C20H28O2/c1-5-6-7-14-11-17(21)19-15-10-13(2)8-9-16(15)20(3,4)22-18(19)12-14/h10-12,15-16,21H,5-9H2,1-4H3/t15-,16+/m1/s1. The molecule has 0 amide bonds. The summed E-state index contributed by atoms with van der Waals surface area (Å²) in [5.41, 5.74) is 3.44. The second-order valence-electron chi connectivity index (χ2n) is 7.52. The highest BCUT2D eigenvalue weighted by atomic mass is 16.5. The molecule has 1 aromatic rings. The molecular weight excluding hydrogens is 272 g/mol. The Balaban J connectivity index is 2.06. The molecular formula is C20H28O2. The summed E-state index contributed by atoms with van der Waals surface area (Å²) >= 11 is 0. The lowest BCUT2D eigenvalue weighted by molar-refractivity contribution is 0.0107. The Labute approximate surface area is 134 Å². The van der Waals surface area contributed by atoms with Crippen LogP contribution in [0.5, 0.6) is 11.5 Å². The molecule has 2 nitrogen and oxygen atoms in total. The Morgan fingerprint density at radius 3 is 2.82 bits per heavy atom. The Hall–Kier alpha value is -1.44. The van der Waals surface area contributed by atoms with E-state index in [9.17, 15) is 5.11 Å². The molecule has 1 N–H and O–H groups in total. The van der Waals surface area contributed by atoms with Crippen LogP contribution in [-0.2, 0) is 6.42 Å². The minimum atomic E-state index is -0.176. The minimum Gasteiger partial charge on any atom is -0.507 e. The minimum absolute atomic E-state index is 0.176. The number of unbranched alkanes of at least 4 members (excludes halogenated alkanes) is 1. The van der Waals surface area contributed by atoms with Gasteiger partial charge in [0, 0.05) is 17.4 Å². The van der Waals surface area contributed by atoms with E-state index < -0.39 is 0 Å². The highest BCUT2D eigenvalue weighted by Crippen LogP contribution is 2.53. The normalized spacial score (nSPS) is 25.7. The molecule has 0 fully saturated rings. The van der Waals surface area contributed by atoms with E-state index in [0.29, 0.717) is 11.7 Å². The topological polar surface area (TPSA) is 29.5 Å². The van der Waals surface area contributed by atoms with Crippen molar-refractivity contribution in [3.05, 3.63) is 34.9 Å². The van der Waals surface area contributed by atoms with Crippen molar-refractivity contribution in [2.24, 2.45) is 5.92 Å². The summed E-state index contributed by atoms with van der Waals surface area (Å²) in [5.74, 6) is 2.03. The summed E-state index contributed by atoms with van der Waals surface area (Å²) in [6.45, 7) is 8.78. The van der Waals surface area contributed by atoms with Crippen molar-refractivity contribution in [2.75, 3.05) is 0 Å². The first-order valence-corrected chi connectivity index (χ1v) is 8.64. The van der Waals surface area contributed by atoms with Crippen LogP contribution < -0.4 is 4.74 Å². The fourth-order valence-corrected chi connectivity index (χ4v) is 4.10. The lowest BCUT2D eigenvalue weighted by Gasteiger charge is -2.46. The molecule has 3 rings (SSSR count). The molecule has 0 bridgehead atoms. The van der Waals surface area contributed by atoms with Gasteiger partial charge in [-0.1, -0.05) is 25.0 Å². The molecule has 1 aliphatic carbocycles. The first-order valence-electron chi connectivity index (χ1n) is 8.64. The maximum Gasteiger partial charge on any atom is 0.127 e. The van der Waals surface area contributed by atoms with Crippen LogP contribution >= 0.6 is 0 Å². The van der Waals surface area contributed by atoms with Gasteiger partial charge in [0.2, 0.25) is 0 Å². The smallest absolute Gasteiger partial charge is 0.127 e. The van der Waals surface area contributed by atoms with Crippen LogP contribution in [0.3, 0.4) is 0 Å². The van der Waals surface area contributed by atoms with Crippen LogP contribution in [0.4, 0.5) is 0 Å². The molecule has 22 heavy (non-hydrogen) atoms. The number of allylic oxidation sites excluding steroid dienone is 2. The van der Waals surface area contributed by atoms with Crippen LogP contribution in [-0.4, -0.2) is 10.7 Å². The summed E-state index contributed by atoms with van der Waals surface area (Å²) in [4.78, 5) is 0. The molecule has 2 aliphatic rings. The van der Waals surface area contributed by atoms with Crippen molar-refractivity contribution >= 4 is 0 Å². The number of phenolic OH excluding ortho intramolecular Hbond substituents is 1. The van der Waals surface area contributed by atoms with E-state index in [2.05, 4.69) is 39.8 Å². The van der Waals surface area contributed by atoms with E-state index in [-0.39, 0.29) is 11.5 Å². The number of fused-ring (bicyclic) bond motifs is 3. The third-order valence-electron chi connectivity index (χ3n) is 5.35. The van der Waals surface area contributed by atoms with Crippen LogP contribution in [0.25, 0.3) is 0 Å². The fraction of sp³-hybridized carbons (Fsp3) is 0.600. The molecule has 1 aromatic carbocycles. The molecule has 1 aliphatic heterocycles. The number of rotatable bonds is 3. The zero-order valence-electron chi connectivity index (χ0n) is 14.3. The van der Waals surface area contributed by atoms with Gasteiger partial charge in [0.25, 0.3) is 0 Å². The van der Waals surface area contributed by atoms with Crippen molar-refractivity contribution in [3.8, 4) is 11.5 Å². The van der Waals surface area contributed by atoms with Crippen LogP contribution in [0, 0.1) is 5.92 Å². The second kappa shape index (κ2) is 5.64. The zero-order valence-corrected chi connectivity index (χ0v) is 14.3. The van der Waals surface area contributed by atoms with E-state index in [0.717, 1.165) is 43.4 Å². The number of hydrogen-bond acceptors (Lipinski definition) is 2. The Kier molecular flexibility index (Phi) is 3.96. The van der Waals surface area contributed by atoms with Crippen molar-refractivity contribution < 1.29 is 9.84 Å². The monoisotopic (exact) mass is 300 g/mol. The molecule has 0 saturated heterocycles. The van der Waals surface area contributed by atoms with Gasteiger partial charge in [-0.05, 0) is 64.2 Å². The van der Waals surface area contributed by atoms with Gasteiger partial charge in [-0.15, -0.1) is 0 Å². The molecule has 1 heterocycles. The Morgan fingerprint density at radius 1 is 1.32 bits per heavy atom. The summed E-state index contributed by atoms with van der Waals surface area (Å²) in [7, 11) is 0. The van der Waals surface area contributed by atoms with Gasteiger partial charge in [0.15, 0.2) is 0 Å². The first-order chi connectivity index (χ1) is 10.4. The summed E-state index contributed by atoms with van der Waals surface area (Å²) in [6, 6.07) is 4.10. The molecule has 0 aromatic heterocycles. The number of aromatic hydroxyl groups is 1. The molecule has 120 valence electrons. The third kappa shape index (κ3) is 2.64. The maximum absolute atomic E-state index is 10.6. The average molecular weight is 300 g/mol. The molecule has 0 radical (unpaired) electrons. The highest BCUT2D eigenvalue weighted by Gasteiger charge is 2.45. The molecule has 2 heteroatoms. The van der Waals surface area contributed by atoms with E-state index in [1.807, 2.05) is 6.07 Å². The first kappa shape index (κ1) is 15.5. The maximum atomic E-state index is 10.6. The Morgan fingerprint density at radius 2 is 2.09 bits per heavy atom. The molecule has 0 spiro atoms. The lowest BCUT2D eigenvalue weighted by Crippen LogP contribution is -2.45. The number of benzene rings is 1. The highest BCUT2D eigenvalue weighted by molar-refractivity contribution is 5.53. The van der Waals surface area contributed by atoms with Gasteiger partial charge in [-0.25, -0.2) is 0 Å². The van der Waals surface area contributed by atoms with Gasteiger partial charge in [0.1, 0.15) is 17.1 Å². The number of aryl methyl sites for hydroxylation is 1. The number of hydrogen-bond donors (Lipinski definition) is 1. The van der Waals surface area contributed by atoms with E-state index in [1.165, 1.54) is 11.1 Å². The van der Waals surface area contributed by atoms with Crippen molar-refractivity contribution in [1.29, 1.82) is 0 Å². The fourth-order valence-electron chi connectivity index (χ4n) is 4.10. The number of ether oxygens (including phenoxy) is 1. The van der Waals surface area contributed by atoms with Gasteiger partial charge in [-0.3, -0.25) is 0 Å². The van der Waals surface area contributed by atoms with Crippen LogP contribution in [0.15, 0.2) is 23.8 Å². The van der Waals surface area contributed by atoms with Gasteiger partial charge < -0.3 is 9.84 Å². The lowest BCUT2D eigenvalue weighted by atomic mass is 9.68. The van der Waals surface area contributed by atoms with E-state index in [4.69, 9.17) is 4.74 Å². The molecule has 0 saturated carbocycles. The zero-order chi connectivity index (χ0) is 15.9. The van der Waals surface area contributed by atoms with Crippen LogP contribution in [0.2, 0.25) is 0 Å². The summed E-state index contributed by atoms with van der Waals surface area (Å²) in [6.07, 6.45) is 7.94. The molecule has 2 atom stereocenters. The predicted octanol–water partition coefficient (Wildman–Crippen LogP) is 5.35. The summed E-state index contributed by atoms with van der Waals surface area (Å²) in [5, 5.41) is 10.6. The molecule has 0 unspecified atom stereocenters. The Bertz CT molecular complexity index is 598. The second-order valence-corrected chi connectivity index (χ2v) is 7.52. The van der Waals surface area contributed by atoms with Crippen molar-refractivity contribution in [3.63, 3.8) is 0 Å². The average Bonchev–Trinajstić information content (AvgIpc) is 2.43. The van der Waals surface area contributed by atoms with Crippen LogP contribution in [0.1, 0.15) is 70.4 Å². The third-order valence-corrected chi connectivity index (χ3v) is 5.35. The largest absolute Gasteiger partial charge is 0.507 e. The van der Waals surface area contributed by atoms with Gasteiger partial charge in [-0.2, -0.15) is 0 Å². The summed E-state index contributed by atoms with van der Waals surface area (Å²) < 4.78 is 6.34. The van der Waals surface area contributed by atoms with E-state index >= 15 is 0 Å². The van der Waals surface area contributed by atoms with Gasteiger partial charge in [0.05, 0.1) is 0 Å². The van der Waals surface area contributed by atoms with Gasteiger partial charge >= 0.3 is 0 Å².